The zero-order valence-electron chi connectivity index (χ0n) is 15.8. The van der Waals surface area contributed by atoms with Crippen LogP contribution in [0.1, 0.15) is 28.5 Å². The van der Waals surface area contributed by atoms with Crippen LogP contribution in [0.4, 0.5) is 4.39 Å². The molecule has 1 amide bonds. The van der Waals surface area contributed by atoms with Gasteiger partial charge in [0, 0.05) is 6.54 Å². The van der Waals surface area contributed by atoms with Crippen molar-refractivity contribution >= 4 is 15.9 Å². The topological polar surface area (TPSA) is 107 Å². The summed E-state index contributed by atoms with van der Waals surface area (Å²) in [6.45, 7) is 2.29. The van der Waals surface area contributed by atoms with Gasteiger partial charge >= 0.3 is 0 Å². The van der Waals surface area contributed by atoms with Gasteiger partial charge in [0.25, 0.3) is 5.91 Å². The van der Waals surface area contributed by atoms with Crippen molar-refractivity contribution in [2.75, 3.05) is 6.54 Å². The molecule has 0 unspecified atom stereocenters. The number of aromatic nitrogens is 2. The number of amides is 1. The first-order valence-corrected chi connectivity index (χ1v) is 10.6. The minimum absolute atomic E-state index is 0.0473. The highest BCUT2D eigenvalue weighted by Crippen LogP contribution is 2.16. The van der Waals surface area contributed by atoms with E-state index in [1.807, 2.05) is 6.92 Å². The Morgan fingerprint density at radius 3 is 2.38 bits per heavy atom. The molecule has 1 heterocycles. The lowest BCUT2D eigenvalue weighted by Gasteiger charge is -2.09. The van der Waals surface area contributed by atoms with E-state index in [-0.39, 0.29) is 16.6 Å². The summed E-state index contributed by atoms with van der Waals surface area (Å²) in [7, 11) is -3.72. The molecule has 9 heteroatoms. The van der Waals surface area contributed by atoms with Crippen molar-refractivity contribution in [1.29, 1.82) is 0 Å². The standard InChI is InChI=1S/C20H21FN4O3S/c1-2-19-18(13-24-25(19)16-7-5-15(21)6-8-16)20(26)23-12-11-14-3-9-17(10-4-14)29(22,27)28/h3-10,13H,2,11-12H2,1H3,(H,23,26)(H2,22,27,28). The van der Waals surface area contributed by atoms with Gasteiger partial charge < -0.3 is 5.32 Å². The molecule has 0 atom stereocenters. The third-order valence-corrected chi connectivity index (χ3v) is 5.40. The fraction of sp³-hybridized carbons (Fsp3) is 0.200. The molecule has 2 aromatic carbocycles. The molecule has 29 heavy (non-hydrogen) atoms. The highest BCUT2D eigenvalue weighted by molar-refractivity contribution is 7.89. The maximum Gasteiger partial charge on any atom is 0.254 e. The Balaban J connectivity index is 1.66. The largest absolute Gasteiger partial charge is 0.352 e. The number of rotatable bonds is 7. The van der Waals surface area contributed by atoms with E-state index in [1.54, 1.807) is 28.9 Å². The SMILES string of the molecule is CCc1c(C(=O)NCCc2ccc(S(N)(=O)=O)cc2)cnn1-c1ccc(F)cc1. The normalized spacial score (nSPS) is 11.4. The molecule has 0 saturated carbocycles. The van der Waals surface area contributed by atoms with Gasteiger partial charge in [-0.15, -0.1) is 0 Å². The number of benzene rings is 2. The lowest BCUT2D eigenvalue weighted by molar-refractivity contribution is 0.0953. The molecule has 0 fully saturated rings. The predicted molar refractivity (Wildman–Crippen MR) is 107 cm³/mol. The maximum absolute atomic E-state index is 13.1. The molecule has 0 saturated heterocycles. The number of hydrogen-bond acceptors (Lipinski definition) is 4. The zero-order valence-corrected chi connectivity index (χ0v) is 16.6. The van der Waals surface area contributed by atoms with Crippen LogP contribution in [0.2, 0.25) is 0 Å². The number of sulfonamides is 1. The molecule has 152 valence electrons. The molecule has 0 aliphatic carbocycles. The molecule has 0 spiro atoms. The number of nitrogens with one attached hydrogen (secondary N) is 1. The Hall–Kier alpha value is -3.04. The van der Waals surface area contributed by atoms with Gasteiger partial charge in [-0.25, -0.2) is 22.6 Å². The van der Waals surface area contributed by atoms with E-state index in [0.717, 1.165) is 11.3 Å². The third-order valence-electron chi connectivity index (χ3n) is 4.47. The summed E-state index contributed by atoms with van der Waals surface area (Å²) in [6, 6.07) is 12.1. The highest BCUT2D eigenvalue weighted by atomic mass is 32.2. The number of primary sulfonamides is 1. The molecule has 0 bridgehead atoms. The fourth-order valence-electron chi connectivity index (χ4n) is 2.97. The van der Waals surface area contributed by atoms with Gasteiger partial charge in [0.1, 0.15) is 5.82 Å². The molecule has 0 aliphatic heterocycles. The first kappa shape index (κ1) is 20.7. The molecule has 3 aromatic rings. The highest BCUT2D eigenvalue weighted by Gasteiger charge is 2.17. The lowest BCUT2D eigenvalue weighted by atomic mass is 10.1. The van der Waals surface area contributed by atoms with E-state index in [2.05, 4.69) is 10.4 Å². The maximum atomic E-state index is 13.1. The van der Waals surface area contributed by atoms with Gasteiger partial charge in [-0.05, 0) is 54.8 Å². The van der Waals surface area contributed by atoms with Gasteiger partial charge in [0.2, 0.25) is 10.0 Å². The molecule has 3 rings (SSSR count). The Morgan fingerprint density at radius 1 is 1.14 bits per heavy atom. The third kappa shape index (κ3) is 4.87. The van der Waals surface area contributed by atoms with Gasteiger partial charge in [-0.2, -0.15) is 5.10 Å². The van der Waals surface area contributed by atoms with Crippen molar-refractivity contribution in [1.82, 2.24) is 15.1 Å². The van der Waals surface area contributed by atoms with Crippen LogP contribution in [0.25, 0.3) is 5.69 Å². The molecule has 7 nitrogen and oxygen atoms in total. The van der Waals surface area contributed by atoms with Crippen molar-refractivity contribution < 1.29 is 17.6 Å². The van der Waals surface area contributed by atoms with Crippen molar-refractivity contribution in [2.24, 2.45) is 5.14 Å². The van der Waals surface area contributed by atoms with Crippen LogP contribution in [0.5, 0.6) is 0 Å². The molecule has 3 N–H and O–H groups in total. The summed E-state index contributed by atoms with van der Waals surface area (Å²) in [5.74, 6) is -0.592. The van der Waals surface area contributed by atoms with Crippen LogP contribution in [0.3, 0.4) is 0 Å². The molecule has 0 aliphatic rings. The number of nitrogens with two attached hydrogens (primary N) is 1. The number of halogens is 1. The van der Waals surface area contributed by atoms with Crippen molar-refractivity contribution in [3.63, 3.8) is 0 Å². The Labute approximate surface area is 168 Å². The number of nitrogens with zero attached hydrogens (tertiary/aromatic N) is 2. The minimum Gasteiger partial charge on any atom is -0.352 e. The summed E-state index contributed by atoms with van der Waals surface area (Å²) < 4.78 is 37.3. The smallest absolute Gasteiger partial charge is 0.254 e. The quantitative estimate of drug-likeness (QED) is 0.616. The van der Waals surface area contributed by atoms with E-state index in [1.165, 1.54) is 30.5 Å². The first-order valence-electron chi connectivity index (χ1n) is 9.02. The number of carbonyl (C=O) groups is 1. The van der Waals surface area contributed by atoms with E-state index >= 15 is 0 Å². The van der Waals surface area contributed by atoms with Crippen LogP contribution >= 0.6 is 0 Å². The average Bonchev–Trinajstić information content (AvgIpc) is 3.12. The Bertz CT molecular complexity index is 1110. The van der Waals surface area contributed by atoms with Crippen LogP contribution in [-0.2, 0) is 22.9 Å². The second kappa shape index (κ2) is 8.54. The van der Waals surface area contributed by atoms with Crippen molar-refractivity contribution in [3.05, 3.63) is 77.4 Å². The van der Waals surface area contributed by atoms with E-state index in [0.29, 0.717) is 30.6 Å². The fourth-order valence-corrected chi connectivity index (χ4v) is 3.49. The predicted octanol–water partition coefficient (Wildman–Crippen LogP) is 2.19. The monoisotopic (exact) mass is 416 g/mol. The summed E-state index contributed by atoms with van der Waals surface area (Å²) >= 11 is 0. The summed E-state index contributed by atoms with van der Waals surface area (Å²) in [5.41, 5.74) is 2.74. The lowest BCUT2D eigenvalue weighted by Crippen LogP contribution is -2.26. The number of hydrogen-bond donors (Lipinski definition) is 2. The molecule has 0 radical (unpaired) electrons. The van der Waals surface area contributed by atoms with E-state index < -0.39 is 10.0 Å². The minimum atomic E-state index is -3.72. The van der Waals surface area contributed by atoms with Crippen LogP contribution < -0.4 is 10.5 Å². The van der Waals surface area contributed by atoms with Gasteiger partial charge in [0.15, 0.2) is 0 Å². The Morgan fingerprint density at radius 2 is 1.79 bits per heavy atom. The van der Waals surface area contributed by atoms with Crippen molar-refractivity contribution in [2.45, 2.75) is 24.7 Å². The van der Waals surface area contributed by atoms with E-state index in [4.69, 9.17) is 5.14 Å². The van der Waals surface area contributed by atoms with Gasteiger partial charge in [0.05, 0.1) is 28.0 Å². The zero-order chi connectivity index (χ0) is 21.0. The molecular formula is C20H21FN4O3S. The molecule has 1 aromatic heterocycles. The second-order valence-electron chi connectivity index (χ2n) is 6.44. The second-order valence-corrected chi connectivity index (χ2v) is 8.00. The molecular weight excluding hydrogens is 395 g/mol. The van der Waals surface area contributed by atoms with Crippen LogP contribution in [0, 0.1) is 5.82 Å². The van der Waals surface area contributed by atoms with Crippen LogP contribution in [0.15, 0.2) is 59.6 Å². The number of carbonyl (C=O) groups excluding carboxylic acids is 1. The van der Waals surface area contributed by atoms with Gasteiger partial charge in [-0.3, -0.25) is 4.79 Å². The van der Waals surface area contributed by atoms with Crippen molar-refractivity contribution in [3.8, 4) is 5.69 Å². The average molecular weight is 416 g/mol. The van der Waals surface area contributed by atoms with E-state index in [9.17, 15) is 17.6 Å². The van der Waals surface area contributed by atoms with Crippen LogP contribution in [-0.4, -0.2) is 30.7 Å². The first-order chi connectivity index (χ1) is 13.8. The summed E-state index contributed by atoms with van der Waals surface area (Å²) in [6.07, 6.45) is 2.61. The summed E-state index contributed by atoms with van der Waals surface area (Å²) in [4.78, 5) is 12.6. The summed E-state index contributed by atoms with van der Waals surface area (Å²) in [5, 5.41) is 12.2. The van der Waals surface area contributed by atoms with Gasteiger partial charge in [-0.1, -0.05) is 19.1 Å². The Kier molecular flexibility index (Phi) is 6.09.